The van der Waals surface area contributed by atoms with Crippen molar-refractivity contribution in [1.29, 1.82) is 0 Å². The van der Waals surface area contributed by atoms with Crippen LogP contribution >= 0.6 is 0 Å². The zero-order chi connectivity index (χ0) is 18.3. The summed E-state index contributed by atoms with van der Waals surface area (Å²) < 4.78 is 51.9. The molecule has 1 amide bonds. The summed E-state index contributed by atoms with van der Waals surface area (Å²) in [4.78, 5) is 13.8. The zero-order valence-corrected chi connectivity index (χ0v) is 14.9. The number of hydrogen-bond donors (Lipinski definition) is 1. The maximum absolute atomic E-state index is 13.8. The van der Waals surface area contributed by atoms with Crippen LogP contribution in [0.5, 0.6) is 0 Å². The minimum Gasteiger partial charge on any atom is -0.356 e. The molecule has 1 aromatic rings. The van der Waals surface area contributed by atoms with E-state index in [9.17, 15) is 22.0 Å². The molecule has 136 valence electrons. The summed E-state index contributed by atoms with van der Waals surface area (Å²) in [5, 5.41) is 2.65. The molecule has 1 N–H and O–H groups in total. The third-order valence-corrected chi connectivity index (χ3v) is 4.40. The van der Waals surface area contributed by atoms with Crippen molar-refractivity contribution < 1.29 is 22.0 Å². The van der Waals surface area contributed by atoms with E-state index in [0.29, 0.717) is 10.8 Å². The summed E-state index contributed by atoms with van der Waals surface area (Å²) in [7, 11) is -0.105. The van der Waals surface area contributed by atoms with Gasteiger partial charge in [-0.3, -0.25) is 9.10 Å². The molecule has 0 aliphatic heterocycles. The van der Waals surface area contributed by atoms with Crippen LogP contribution in [0.15, 0.2) is 18.2 Å². The standard InChI is InChI=1S/C15H23F2N3O3S/c1-19(2)10-5-9-18-14(21)8-11-20(24(3,22)23)15-12(16)6-4-7-13(15)17/h4,6-7H,5,8-11H2,1-3H3,(H,18,21). The summed E-state index contributed by atoms with van der Waals surface area (Å²) in [6, 6.07) is 3.09. The van der Waals surface area contributed by atoms with E-state index in [4.69, 9.17) is 0 Å². The highest BCUT2D eigenvalue weighted by atomic mass is 32.2. The molecule has 0 fully saturated rings. The second-order valence-corrected chi connectivity index (χ2v) is 7.57. The van der Waals surface area contributed by atoms with E-state index in [1.54, 1.807) is 0 Å². The average Bonchev–Trinajstić information content (AvgIpc) is 2.45. The summed E-state index contributed by atoms with van der Waals surface area (Å²) in [5.74, 6) is -2.36. The highest BCUT2D eigenvalue weighted by Crippen LogP contribution is 2.25. The lowest BCUT2D eigenvalue weighted by Gasteiger charge is -2.23. The molecule has 1 rings (SSSR count). The van der Waals surface area contributed by atoms with E-state index < -0.39 is 27.3 Å². The first-order chi connectivity index (χ1) is 11.1. The van der Waals surface area contributed by atoms with Gasteiger partial charge in [-0.15, -0.1) is 0 Å². The van der Waals surface area contributed by atoms with E-state index in [0.717, 1.165) is 37.4 Å². The van der Waals surface area contributed by atoms with Crippen LogP contribution in [0.3, 0.4) is 0 Å². The van der Waals surface area contributed by atoms with Gasteiger partial charge in [-0.2, -0.15) is 0 Å². The summed E-state index contributed by atoms with van der Waals surface area (Å²) in [6.45, 7) is 0.913. The molecule has 0 aromatic heterocycles. The van der Waals surface area contributed by atoms with Crippen LogP contribution in [0.1, 0.15) is 12.8 Å². The fraction of sp³-hybridized carbons (Fsp3) is 0.533. The third-order valence-electron chi connectivity index (χ3n) is 3.23. The van der Waals surface area contributed by atoms with Crippen LogP contribution in [0.2, 0.25) is 0 Å². The first-order valence-corrected chi connectivity index (χ1v) is 9.31. The van der Waals surface area contributed by atoms with Gasteiger partial charge in [0.15, 0.2) is 11.6 Å². The van der Waals surface area contributed by atoms with E-state index >= 15 is 0 Å². The van der Waals surface area contributed by atoms with Gasteiger partial charge in [-0.25, -0.2) is 17.2 Å². The number of carbonyl (C=O) groups excluding carboxylic acids is 1. The fourth-order valence-corrected chi connectivity index (χ4v) is 3.01. The predicted molar refractivity (Wildman–Crippen MR) is 89.3 cm³/mol. The second kappa shape index (κ2) is 8.93. The minimum atomic E-state index is -3.93. The minimum absolute atomic E-state index is 0.192. The lowest BCUT2D eigenvalue weighted by molar-refractivity contribution is -0.120. The molecule has 24 heavy (non-hydrogen) atoms. The van der Waals surface area contributed by atoms with Crippen molar-refractivity contribution in [2.75, 3.05) is 44.3 Å². The van der Waals surface area contributed by atoms with Crippen molar-refractivity contribution >= 4 is 21.6 Å². The number of hydrogen-bond acceptors (Lipinski definition) is 4. The Bertz CT molecular complexity index is 646. The van der Waals surface area contributed by atoms with E-state index in [1.165, 1.54) is 0 Å². The lowest BCUT2D eigenvalue weighted by atomic mass is 10.2. The number of rotatable bonds is 9. The first-order valence-electron chi connectivity index (χ1n) is 7.46. The van der Waals surface area contributed by atoms with Crippen LogP contribution in [-0.4, -0.2) is 59.2 Å². The van der Waals surface area contributed by atoms with Crippen molar-refractivity contribution in [1.82, 2.24) is 10.2 Å². The quantitative estimate of drug-likeness (QED) is 0.669. The molecule has 0 spiro atoms. The Hall–Kier alpha value is -1.74. The molecule has 0 aliphatic carbocycles. The largest absolute Gasteiger partial charge is 0.356 e. The van der Waals surface area contributed by atoms with Gasteiger partial charge in [0, 0.05) is 19.5 Å². The molecular weight excluding hydrogens is 340 g/mol. The summed E-state index contributed by atoms with van der Waals surface area (Å²) in [5.41, 5.74) is -0.666. The normalized spacial score (nSPS) is 11.6. The highest BCUT2D eigenvalue weighted by molar-refractivity contribution is 7.92. The van der Waals surface area contributed by atoms with Crippen LogP contribution < -0.4 is 9.62 Å². The van der Waals surface area contributed by atoms with Gasteiger partial charge >= 0.3 is 0 Å². The number of anilines is 1. The Morgan fingerprint density at radius 3 is 2.25 bits per heavy atom. The van der Waals surface area contributed by atoms with Crippen LogP contribution in [0, 0.1) is 11.6 Å². The number of halogens is 2. The topological polar surface area (TPSA) is 69.7 Å². The van der Waals surface area contributed by atoms with Gasteiger partial charge in [0.1, 0.15) is 5.69 Å². The molecule has 1 aromatic carbocycles. The molecule has 0 heterocycles. The number of nitrogens with one attached hydrogen (secondary N) is 1. The maximum atomic E-state index is 13.8. The van der Waals surface area contributed by atoms with Crippen LogP contribution in [-0.2, 0) is 14.8 Å². The van der Waals surface area contributed by atoms with Gasteiger partial charge in [-0.1, -0.05) is 6.07 Å². The Balaban J connectivity index is 2.71. The second-order valence-electron chi connectivity index (χ2n) is 5.66. The van der Waals surface area contributed by atoms with Crippen molar-refractivity contribution in [3.8, 4) is 0 Å². The molecule has 0 saturated heterocycles. The van der Waals surface area contributed by atoms with E-state index in [-0.39, 0.29) is 18.9 Å². The Morgan fingerprint density at radius 2 is 1.75 bits per heavy atom. The van der Waals surface area contributed by atoms with Crippen LogP contribution in [0.4, 0.5) is 14.5 Å². The number of amides is 1. The predicted octanol–water partition coefficient (Wildman–Crippen LogP) is 1.19. The Morgan fingerprint density at radius 1 is 1.17 bits per heavy atom. The number of benzene rings is 1. The van der Waals surface area contributed by atoms with Crippen molar-refractivity contribution in [3.63, 3.8) is 0 Å². The number of carbonyl (C=O) groups is 1. The van der Waals surface area contributed by atoms with Crippen molar-refractivity contribution in [3.05, 3.63) is 29.8 Å². The molecule has 0 atom stereocenters. The van der Waals surface area contributed by atoms with Gasteiger partial charge in [0.25, 0.3) is 0 Å². The molecule has 0 unspecified atom stereocenters. The Kier molecular flexibility index (Phi) is 7.56. The van der Waals surface area contributed by atoms with Gasteiger partial charge in [0.2, 0.25) is 15.9 Å². The SMILES string of the molecule is CN(C)CCCNC(=O)CCN(c1c(F)cccc1F)S(C)(=O)=O. The van der Waals surface area contributed by atoms with Gasteiger partial charge < -0.3 is 10.2 Å². The highest BCUT2D eigenvalue weighted by Gasteiger charge is 2.24. The molecular formula is C15H23F2N3O3S. The molecule has 0 radical (unpaired) electrons. The Labute approximate surface area is 141 Å². The van der Waals surface area contributed by atoms with Crippen molar-refractivity contribution in [2.24, 2.45) is 0 Å². The van der Waals surface area contributed by atoms with Gasteiger partial charge in [-0.05, 0) is 39.2 Å². The number of para-hydroxylation sites is 1. The van der Waals surface area contributed by atoms with E-state index in [2.05, 4.69) is 5.32 Å². The number of sulfonamides is 1. The zero-order valence-electron chi connectivity index (χ0n) is 14.1. The maximum Gasteiger partial charge on any atom is 0.232 e. The molecule has 6 nitrogen and oxygen atoms in total. The molecule has 0 saturated carbocycles. The molecule has 0 bridgehead atoms. The summed E-state index contributed by atoms with van der Waals surface area (Å²) >= 11 is 0. The van der Waals surface area contributed by atoms with Crippen molar-refractivity contribution in [2.45, 2.75) is 12.8 Å². The third kappa shape index (κ3) is 6.40. The summed E-state index contributed by atoms with van der Waals surface area (Å²) in [6.07, 6.45) is 1.40. The average molecular weight is 363 g/mol. The molecule has 9 heteroatoms. The van der Waals surface area contributed by atoms with E-state index in [1.807, 2.05) is 19.0 Å². The number of nitrogens with zero attached hydrogens (tertiary/aromatic N) is 2. The monoisotopic (exact) mass is 363 g/mol. The van der Waals surface area contributed by atoms with Gasteiger partial charge in [0.05, 0.1) is 6.26 Å². The van der Waals surface area contributed by atoms with Crippen LogP contribution in [0.25, 0.3) is 0 Å². The lowest BCUT2D eigenvalue weighted by Crippen LogP contribution is -2.36. The smallest absolute Gasteiger partial charge is 0.232 e. The fourth-order valence-electron chi connectivity index (χ4n) is 2.09. The first kappa shape index (κ1) is 20.3. The molecule has 0 aliphatic rings.